The molecular formula is C13H20ClN3O2. The Bertz CT molecular complexity index is 434. The van der Waals surface area contributed by atoms with Crippen molar-refractivity contribution >= 4 is 17.4 Å². The van der Waals surface area contributed by atoms with Crippen LogP contribution in [0.5, 0.6) is 5.75 Å². The lowest BCUT2D eigenvalue weighted by Crippen LogP contribution is -2.28. The van der Waals surface area contributed by atoms with Crippen LogP contribution >= 0.6 is 11.6 Å². The molecule has 0 saturated heterocycles. The topological polar surface area (TPSA) is 71.1 Å². The van der Waals surface area contributed by atoms with Gasteiger partial charge in [-0.15, -0.1) is 0 Å². The molecule has 6 heteroatoms. The van der Waals surface area contributed by atoms with Gasteiger partial charge in [0, 0.05) is 6.54 Å². The molecule has 106 valence electrons. The first-order valence-corrected chi connectivity index (χ1v) is 6.63. The van der Waals surface area contributed by atoms with E-state index in [1.165, 1.54) is 0 Å². The molecule has 0 aliphatic heterocycles. The summed E-state index contributed by atoms with van der Waals surface area (Å²) in [6, 6.07) is 5.19. The summed E-state index contributed by atoms with van der Waals surface area (Å²) in [7, 11) is 0. The average Bonchev–Trinajstić information content (AvgIpc) is 2.43. The van der Waals surface area contributed by atoms with Crippen molar-refractivity contribution in [1.82, 2.24) is 4.90 Å². The molecule has 5 nitrogen and oxygen atoms in total. The van der Waals surface area contributed by atoms with Crippen molar-refractivity contribution in [2.45, 2.75) is 13.8 Å². The Kier molecular flexibility index (Phi) is 6.45. The first-order valence-electron chi connectivity index (χ1n) is 6.25. The molecule has 19 heavy (non-hydrogen) atoms. The van der Waals surface area contributed by atoms with Crippen LogP contribution in [0.2, 0.25) is 5.02 Å². The van der Waals surface area contributed by atoms with Gasteiger partial charge < -0.3 is 20.6 Å². The zero-order valence-corrected chi connectivity index (χ0v) is 12.0. The van der Waals surface area contributed by atoms with E-state index in [-0.39, 0.29) is 5.84 Å². The highest BCUT2D eigenvalue weighted by Gasteiger charge is 2.13. The van der Waals surface area contributed by atoms with E-state index in [0.29, 0.717) is 22.9 Å². The van der Waals surface area contributed by atoms with E-state index in [2.05, 4.69) is 23.9 Å². The summed E-state index contributed by atoms with van der Waals surface area (Å²) >= 11 is 6.04. The summed E-state index contributed by atoms with van der Waals surface area (Å²) in [6.07, 6.45) is 0. The van der Waals surface area contributed by atoms with Crippen LogP contribution in [0.3, 0.4) is 0 Å². The molecule has 0 atom stereocenters. The summed E-state index contributed by atoms with van der Waals surface area (Å²) in [6.45, 7) is 7.49. The Morgan fingerprint density at radius 2 is 2.11 bits per heavy atom. The Balaban J connectivity index is 2.76. The van der Waals surface area contributed by atoms with Crippen LogP contribution in [0.4, 0.5) is 0 Å². The molecular weight excluding hydrogens is 266 g/mol. The van der Waals surface area contributed by atoms with Crippen molar-refractivity contribution in [3.05, 3.63) is 28.8 Å². The predicted molar refractivity (Wildman–Crippen MR) is 77.2 cm³/mol. The largest absolute Gasteiger partial charge is 0.491 e. The van der Waals surface area contributed by atoms with E-state index in [1.54, 1.807) is 18.2 Å². The number of nitrogens with two attached hydrogens (primary N) is 1. The Morgan fingerprint density at radius 3 is 2.68 bits per heavy atom. The van der Waals surface area contributed by atoms with E-state index in [0.717, 1.165) is 19.6 Å². The molecule has 1 rings (SSSR count). The van der Waals surface area contributed by atoms with Gasteiger partial charge in [-0.25, -0.2) is 0 Å². The molecule has 0 amide bonds. The molecule has 0 aliphatic rings. The standard InChI is InChI=1S/C13H20ClN3O2/c1-3-17(4-2)8-9-19-11-7-5-6-10(14)12(11)13(15)16-18/h5-7,18H,3-4,8-9H2,1-2H3,(H2,15,16). The van der Waals surface area contributed by atoms with Gasteiger partial charge >= 0.3 is 0 Å². The van der Waals surface area contributed by atoms with Crippen LogP contribution in [0, 0.1) is 0 Å². The lowest BCUT2D eigenvalue weighted by atomic mass is 10.2. The van der Waals surface area contributed by atoms with Crippen LogP contribution in [0.25, 0.3) is 0 Å². The number of nitrogens with zero attached hydrogens (tertiary/aromatic N) is 2. The van der Waals surface area contributed by atoms with E-state index in [9.17, 15) is 0 Å². The third kappa shape index (κ3) is 4.29. The van der Waals surface area contributed by atoms with E-state index in [1.807, 2.05) is 0 Å². The molecule has 0 bridgehead atoms. The normalized spacial score (nSPS) is 11.9. The highest BCUT2D eigenvalue weighted by Crippen LogP contribution is 2.26. The van der Waals surface area contributed by atoms with Crippen LogP contribution in [0.15, 0.2) is 23.4 Å². The van der Waals surface area contributed by atoms with Crippen molar-refractivity contribution in [1.29, 1.82) is 0 Å². The van der Waals surface area contributed by atoms with Crippen molar-refractivity contribution < 1.29 is 9.94 Å². The van der Waals surface area contributed by atoms with Gasteiger partial charge in [0.25, 0.3) is 0 Å². The number of ether oxygens (including phenoxy) is 1. The molecule has 0 aliphatic carbocycles. The zero-order valence-electron chi connectivity index (χ0n) is 11.3. The molecule has 0 spiro atoms. The fraction of sp³-hybridized carbons (Fsp3) is 0.462. The van der Waals surface area contributed by atoms with Crippen molar-refractivity contribution in [3.8, 4) is 5.75 Å². The highest BCUT2D eigenvalue weighted by molar-refractivity contribution is 6.34. The minimum absolute atomic E-state index is 0.0524. The third-order valence-corrected chi connectivity index (χ3v) is 3.21. The van der Waals surface area contributed by atoms with Crippen LogP contribution < -0.4 is 10.5 Å². The number of halogens is 1. The molecule has 0 heterocycles. The number of oxime groups is 1. The first-order chi connectivity index (χ1) is 9.13. The second-order valence-electron chi connectivity index (χ2n) is 3.97. The minimum atomic E-state index is -0.0524. The second kappa shape index (κ2) is 7.86. The number of benzene rings is 1. The molecule has 0 aromatic heterocycles. The predicted octanol–water partition coefficient (Wildman–Crippen LogP) is 2.16. The first kappa shape index (κ1) is 15.6. The highest BCUT2D eigenvalue weighted by atomic mass is 35.5. The summed E-state index contributed by atoms with van der Waals surface area (Å²) in [5.74, 6) is 0.471. The fourth-order valence-corrected chi connectivity index (χ4v) is 2.01. The van der Waals surface area contributed by atoms with Gasteiger partial charge in [0.05, 0.1) is 10.6 Å². The maximum atomic E-state index is 8.77. The molecule has 1 aromatic carbocycles. The number of likely N-dealkylation sites (N-methyl/N-ethyl adjacent to an activating group) is 1. The maximum absolute atomic E-state index is 8.77. The van der Waals surface area contributed by atoms with E-state index >= 15 is 0 Å². The number of amidine groups is 1. The lowest BCUT2D eigenvalue weighted by Gasteiger charge is -2.19. The summed E-state index contributed by atoms with van der Waals surface area (Å²) < 4.78 is 5.68. The second-order valence-corrected chi connectivity index (χ2v) is 4.38. The lowest BCUT2D eigenvalue weighted by molar-refractivity contribution is 0.222. The third-order valence-electron chi connectivity index (χ3n) is 2.90. The van der Waals surface area contributed by atoms with Crippen molar-refractivity contribution in [2.75, 3.05) is 26.2 Å². The van der Waals surface area contributed by atoms with Gasteiger partial charge in [-0.2, -0.15) is 0 Å². The van der Waals surface area contributed by atoms with E-state index in [4.69, 9.17) is 27.3 Å². The SMILES string of the molecule is CCN(CC)CCOc1cccc(Cl)c1C(N)=NO. The molecule has 3 N–H and O–H groups in total. The number of hydrogen-bond acceptors (Lipinski definition) is 4. The summed E-state index contributed by atoms with van der Waals surface area (Å²) in [5, 5.41) is 12.1. The van der Waals surface area contributed by atoms with Gasteiger partial charge in [0.1, 0.15) is 12.4 Å². The van der Waals surface area contributed by atoms with Gasteiger partial charge in [0.15, 0.2) is 5.84 Å². The van der Waals surface area contributed by atoms with Crippen LogP contribution in [-0.2, 0) is 0 Å². The molecule has 0 fully saturated rings. The zero-order chi connectivity index (χ0) is 14.3. The maximum Gasteiger partial charge on any atom is 0.175 e. The monoisotopic (exact) mass is 285 g/mol. The molecule has 0 saturated carbocycles. The van der Waals surface area contributed by atoms with Crippen LogP contribution in [-0.4, -0.2) is 42.2 Å². The summed E-state index contributed by atoms with van der Waals surface area (Å²) in [5.41, 5.74) is 6.03. The molecule has 1 aromatic rings. The van der Waals surface area contributed by atoms with Gasteiger partial charge in [-0.1, -0.05) is 36.7 Å². The minimum Gasteiger partial charge on any atom is -0.491 e. The van der Waals surface area contributed by atoms with Gasteiger partial charge in [-0.05, 0) is 25.2 Å². The van der Waals surface area contributed by atoms with E-state index < -0.39 is 0 Å². The van der Waals surface area contributed by atoms with Crippen molar-refractivity contribution in [3.63, 3.8) is 0 Å². The van der Waals surface area contributed by atoms with Gasteiger partial charge in [-0.3, -0.25) is 0 Å². The quantitative estimate of drug-likeness (QED) is 0.348. The Morgan fingerprint density at radius 1 is 1.42 bits per heavy atom. The van der Waals surface area contributed by atoms with Gasteiger partial charge in [0.2, 0.25) is 0 Å². The molecule has 0 unspecified atom stereocenters. The average molecular weight is 286 g/mol. The van der Waals surface area contributed by atoms with Crippen molar-refractivity contribution in [2.24, 2.45) is 10.9 Å². The number of rotatable bonds is 7. The summed E-state index contributed by atoms with van der Waals surface area (Å²) in [4.78, 5) is 2.24. The fourth-order valence-electron chi connectivity index (χ4n) is 1.75. The Hall–Kier alpha value is -1.46. The smallest absolute Gasteiger partial charge is 0.175 e. The molecule has 0 radical (unpaired) electrons. The van der Waals surface area contributed by atoms with Crippen LogP contribution in [0.1, 0.15) is 19.4 Å². The Labute approximate surface area is 118 Å². The number of hydrogen-bond donors (Lipinski definition) is 2.